The van der Waals surface area contributed by atoms with Crippen LogP contribution in [0.15, 0.2) is 0 Å². The van der Waals surface area contributed by atoms with E-state index in [0.717, 1.165) is 6.04 Å². The minimum absolute atomic E-state index is 0.509. The Balaban J connectivity index is 2.45. The van der Waals surface area contributed by atoms with Gasteiger partial charge in [0.2, 0.25) is 0 Å². The normalized spacial score (nSPS) is 42.0. The van der Waals surface area contributed by atoms with Crippen molar-refractivity contribution in [2.45, 2.75) is 39.3 Å². The molecule has 1 nitrogen and oxygen atoms in total. The van der Waals surface area contributed by atoms with E-state index < -0.39 is 0 Å². The molecule has 0 bridgehead atoms. The molecule has 0 radical (unpaired) electrons. The first kappa shape index (κ1) is 6.09. The second-order valence-corrected chi connectivity index (χ2v) is 3.12. The van der Waals surface area contributed by atoms with Crippen molar-refractivity contribution in [3.8, 4) is 0 Å². The van der Waals surface area contributed by atoms with Gasteiger partial charge in [0.05, 0.1) is 0 Å². The van der Waals surface area contributed by atoms with Gasteiger partial charge in [-0.15, -0.1) is 0 Å². The molecule has 1 heterocycles. The SMILES string of the molecule is CCN1C(C)C1(C)C. The minimum Gasteiger partial charge on any atom is -0.292 e. The van der Waals surface area contributed by atoms with Crippen LogP contribution >= 0.6 is 0 Å². The van der Waals surface area contributed by atoms with Crippen LogP contribution in [0.1, 0.15) is 27.7 Å². The van der Waals surface area contributed by atoms with Crippen LogP contribution in [0.25, 0.3) is 0 Å². The number of nitrogens with zero attached hydrogens (tertiary/aromatic N) is 1. The van der Waals surface area contributed by atoms with Crippen LogP contribution < -0.4 is 0 Å². The molecule has 1 fully saturated rings. The van der Waals surface area contributed by atoms with Gasteiger partial charge < -0.3 is 0 Å². The van der Waals surface area contributed by atoms with Gasteiger partial charge in [-0.05, 0) is 27.3 Å². The van der Waals surface area contributed by atoms with E-state index in [0.29, 0.717) is 5.54 Å². The number of hydrogen-bond donors (Lipinski definition) is 0. The summed E-state index contributed by atoms with van der Waals surface area (Å²) in [5.74, 6) is 0. The Bertz CT molecular complexity index is 96.6. The predicted molar refractivity (Wildman–Crippen MR) is 35.9 cm³/mol. The van der Waals surface area contributed by atoms with Crippen molar-refractivity contribution in [1.29, 1.82) is 0 Å². The molecule has 1 aliphatic heterocycles. The molecule has 48 valence electrons. The summed E-state index contributed by atoms with van der Waals surface area (Å²) in [6.07, 6.45) is 0. The second-order valence-electron chi connectivity index (χ2n) is 3.12. The zero-order valence-corrected chi connectivity index (χ0v) is 6.23. The van der Waals surface area contributed by atoms with E-state index in [1.807, 2.05) is 0 Å². The third kappa shape index (κ3) is 0.576. The first-order valence-corrected chi connectivity index (χ1v) is 3.37. The zero-order valence-electron chi connectivity index (χ0n) is 6.23. The summed E-state index contributed by atoms with van der Waals surface area (Å²) in [6, 6.07) is 0.812. The molecule has 1 rings (SSSR count). The molecule has 0 N–H and O–H groups in total. The van der Waals surface area contributed by atoms with Crippen molar-refractivity contribution in [3.05, 3.63) is 0 Å². The molecule has 0 aromatic carbocycles. The lowest BCUT2D eigenvalue weighted by Crippen LogP contribution is -2.07. The van der Waals surface area contributed by atoms with E-state index in [1.165, 1.54) is 6.54 Å². The maximum absolute atomic E-state index is 2.48. The number of rotatable bonds is 1. The molecule has 0 aliphatic carbocycles. The van der Waals surface area contributed by atoms with Crippen LogP contribution in [-0.2, 0) is 0 Å². The van der Waals surface area contributed by atoms with E-state index in [2.05, 4.69) is 32.6 Å². The fraction of sp³-hybridized carbons (Fsp3) is 1.00. The lowest BCUT2D eigenvalue weighted by atomic mass is 10.2. The summed E-state index contributed by atoms with van der Waals surface area (Å²) in [7, 11) is 0. The monoisotopic (exact) mass is 113 g/mol. The Morgan fingerprint density at radius 1 is 1.50 bits per heavy atom. The van der Waals surface area contributed by atoms with Gasteiger partial charge in [-0.2, -0.15) is 0 Å². The van der Waals surface area contributed by atoms with Gasteiger partial charge >= 0.3 is 0 Å². The molecule has 0 saturated carbocycles. The van der Waals surface area contributed by atoms with Gasteiger partial charge in [0, 0.05) is 11.6 Å². The number of likely N-dealkylation sites (N-methyl/N-ethyl adjacent to an activating group) is 1. The molecular weight excluding hydrogens is 98.1 g/mol. The molecule has 0 spiro atoms. The smallest absolute Gasteiger partial charge is 0.0309 e. The molecular formula is C7H15N. The summed E-state index contributed by atoms with van der Waals surface area (Å²) < 4.78 is 0. The van der Waals surface area contributed by atoms with Crippen molar-refractivity contribution < 1.29 is 0 Å². The lowest BCUT2D eigenvalue weighted by Gasteiger charge is -1.99. The highest BCUT2D eigenvalue weighted by molar-refractivity contribution is 5.07. The molecule has 0 aromatic rings. The van der Waals surface area contributed by atoms with Gasteiger partial charge in [0.15, 0.2) is 0 Å². The predicted octanol–water partition coefficient (Wildman–Crippen LogP) is 1.49. The largest absolute Gasteiger partial charge is 0.292 e. The molecule has 0 amide bonds. The average molecular weight is 113 g/mol. The number of hydrogen-bond acceptors (Lipinski definition) is 1. The van der Waals surface area contributed by atoms with E-state index in [9.17, 15) is 0 Å². The maximum atomic E-state index is 2.48. The summed E-state index contributed by atoms with van der Waals surface area (Å²) in [5.41, 5.74) is 0.509. The van der Waals surface area contributed by atoms with Crippen molar-refractivity contribution in [1.82, 2.24) is 4.90 Å². The first-order chi connectivity index (χ1) is 3.60. The lowest BCUT2D eigenvalue weighted by molar-refractivity contribution is 0.461. The maximum Gasteiger partial charge on any atom is 0.0309 e. The van der Waals surface area contributed by atoms with Crippen molar-refractivity contribution >= 4 is 0 Å². The summed E-state index contributed by atoms with van der Waals surface area (Å²) >= 11 is 0. The Kier molecular flexibility index (Phi) is 1.12. The Morgan fingerprint density at radius 2 is 1.88 bits per heavy atom. The fourth-order valence-electron chi connectivity index (χ4n) is 1.46. The van der Waals surface area contributed by atoms with Crippen molar-refractivity contribution in [3.63, 3.8) is 0 Å². The van der Waals surface area contributed by atoms with E-state index >= 15 is 0 Å². The molecule has 1 saturated heterocycles. The average Bonchev–Trinajstić information content (AvgIpc) is 2.09. The molecule has 2 unspecified atom stereocenters. The highest BCUT2D eigenvalue weighted by Gasteiger charge is 2.50. The van der Waals surface area contributed by atoms with Crippen molar-refractivity contribution in [2.24, 2.45) is 0 Å². The third-order valence-corrected chi connectivity index (χ3v) is 2.50. The highest BCUT2D eigenvalue weighted by atomic mass is 15.4. The molecule has 1 heteroatoms. The zero-order chi connectivity index (χ0) is 6.36. The quantitative estimate of drug-likeness (QED) is 0.465. The summed E-state index contributed by atoms with van der Waals surface area (Å²) in [5, 5.41) is 0. The molecule has 8 heavy (non-hydrogen) atoms. The van der Waals surface area contributed by atoms with Gasteiger partial charge in [0.25, 0.3) is 0 Å². The van der Waals surface area contributed by atoms with Gasteiger partial charge in [-0.3, -0.25) is 4.90 Å². The van der Waals surface area contributed by atoms with Crippen LogP contribution in [0, 0.1) is 0 Å². The standard InChI is InChI=1S/C7H15N/c1-5-8-6(2)7(8,3)4/h6H,5H2,1-4H3. The summed E-state index contributed by atoms with van der Waals surface area (Å²) in [6.45, 7) is 10.3. The first-order valence-electron chi connectivity index (χ1n) is 3.37. The highest BCUT2D eigenvalue weighted by Crippen LogP contribution is 2.38. The van der Waals surface area contributed by atoms with Crippen LogP contribution in [-0.4, -0.2) is 23.0 Å². The Morgan fingerprint density at radius 3 is 1.88 bits per heavy atom. The Labute approximate surface area is 51.7 Å². The minimum atomic E-state index is 0.509. The van der Waals surface area contributed by atoms with Crippen LogP contribution in [0.3, 0.4) is 0 Å². The molecule has 1 aliphatic rings. The summed E-state index contributed by atoms with van der Waals surface area (Å²) in [4.78, 5) is 2.48. The van der Waals surface area contributed by atoms with Crippen LogP contribution in [0.4, 0.5) is 0 Å². The molecule has 2 atom stereocenters. The fourth-order valence-corrected chi connectivity index (χ4v) is 1.46. The van der Waals surface area contributed by atoms with Gasteiger partial charge in [-0.1, -0.05) is 6.92 Å². The van der Waals surface area contributed by atoms with E-state index in [4.69, 9.17) is 0 Å². The topological polar surface area (TPSA) is 3.01 Å². The Hall–Kier alpha value is -0.0400. The van der Waals surface area contributed by atoms with E-state index in [1.54, 1.807) is 0 Å². The van der Waals surface area contributed by atoms with Crippen LogP contribution in [0.2, 0.25) is 0 Å². The van der Waals surface area contributed by atoms with Crippen LogP contribution in [0.5, 0.6) is 0 Å². The molecule has 0 aromatic heterocycles. The van der Waals surface area contributed by atoms with E-state index in [-0.39, 0.29) is 0 Å². The van der Waals surface area contributed by atoms with Gasteiger partial charge in [-0.25, -0.2) is 0 Å². The van der Waals surface area contributed by atoms with Crippen molar-refractivity contribution in [2.75, 3.05) is 6.54 Å². The van der Waals surface area contributed by atoms with Gasteiger partial charge in [0.1, 0.15) is 0 Å². The second kappa shape index (κ2) is 1.47. The third-order valence-electron chi connectivity index (χ3n) is 2.50.